The van der Waals surface area contributed by atoms with Gasteiger partial charge in [-0.25, -0.2) is 14.8 Å². The second-order valence-corrected chi connectivity index (χ2v) is 7.06. The first kappa shape index (κ1) is 18.7. The van der Waals surface area contributed by atoms with Crippen LogP contribution in [-0.2, 0) is 4.79 Å². The van der Waals surface area contributed by atoms with E-state index in [1.54, 1.807) is 12.1 Å². The van der Waals surface area contributed by atoms with E-state index < -0.39 is 23.8 Å². The van der Waals surface area contributed by atoms with Gasteiger partial charge in [0.2, 0.25) is 0 Å². The van der Waals surface area contributed by atoms with E-state index in [-0.39, 0.29) is 23.0 Å². The first-order chi connectivity index (χ1) is 13.9. The molecule has 150 valence electrons. The molecule has 0 saturated carbocycles. The number of piperidine rings is 1. The fraction of sp³-hybridized carbons (Fsp3) is 0.316. The third kappa shape index (κ3) is 3.12. The predicted molar refractivity (Wildman–Crippen MR) is 100 cm³/mol. The molecule has 1 saturated heterocycles. The number of carbonyl (C=O) groups excluding carboxylic acids is 2. The fourth-order valence-corrected chi connectivity index (χ4v) is 3.80. The van der Waals surface area contributed by atoms with Gasteiger partial charge in [-0.2, -0.15) is 0 Å². The molecule has 3 aromatic heterocycles. The van der Waals surface area contributed by atoms with Crippen molar-refractivity contribution in [2.75, 3.05) is 6.54 Å². The summed E-state index contributed by atoms with van der Waals surface area (Å²) in [4.78, 5) is 46.7. The number of fused-ring (bicyclic) bond motifs is 1. The molecule has 1 aliphatic rings. The Morgan fingerprint density at radius 3 is 2.79 bits per heavy atom. The van der Waals surface area contributed by atoms with Gasteiger partial charge in [-0.15, -0.1) is 0 Å². The number of carboxylic acid groups (broad SMARTS) is 1. The Balaban J connectivity index is 1.89. The summed E-state index contributed by atoms with van der Waals surface area (Å²) >= 11 is 0. The smallest absolute Gasteiger partial charge is 0.326 e. The van der Waals surface area contributed by atoms with Crippen molar-refractivity contribution in [3.8, 4) is 11.5 Å². The lowest BCUT2D eigenvalue weighted by atomic mass is 9.90. The molecule has 0 radical (unpaired) electrons. The second kappa shape index (κ2) is 7.04. The molecule has 2 amide bonds. The number of carbonyl (C=O) groups is 3. The lowest BCUT2D eigenvalue weighted by molar-refractivity contribution is -0.145. The number of hydrogen-bond donors (Lipinski definition) is 2. The molecule has 0 spiro atoms. The quantitative estimate of drug-likeness (QED) is 0.677. The molecule has 29 heavy (non-hydrogen) atoms. The van der Waals surface area contributed by atoms with Crippen molar-refractivity contribution in [2.45, 2.75) is 25.8 Å². The molecule has 0 aromatic carbocycles. The van der Waals surface area contributed by atoms with E-state index in [0.717, 1.165) is 6.42 Å². The zero-order valence-corrected chi connectivity index (χ0v) is 15.6. The van der Waals surface area contributed by atoms with Crippen LogP contribution in [0, 0.1) is 5.92 Å². The van der Waals surface area contributed by atoms with E-state index >= 15 is 0 Å². The van der Waals surface area contributed by atoms with Crippen molar-refractivity contribution in [1.29, 1.82) is 0 Å². The van der Waals surface area contributed by atoms with Crippen LogP contribution in [0.1, 0.15) is 40.7 Å². The van der Waals surface area contributed by atoms with Gasteiger partial charge in [0.25, 0.3) is 11.8 Å². The van der Waals surface area contributed by atoms with Crippen LogP contribution < -0.4 is 5.73 Å². The highest BCUT2D eigenvalue weighted by Crippen LogP contribution is 2.27. The van der Waals surface area contributed by atoms with E-state index in [1.165, 1.54) is 28.0 Å². The van der Waals surface area contributed by atoms with Crippen LogP contribution in [0.25, 0.3) is 17.1 Å². The van der Waals surface area contributed by atoms with E-state index in [1.807, 2.05) is 6.92 Å². The molecule has 2 atom stereocenters. The summed E-state index contributed by atoms with van der Waals surface area (Å²) in [6.45, 7) is 2.13. The van der Waals surface area contributed by atoms with Crippen LogP contribution in [0.15, 0.2) is 35.2 Å². The Morgan fingerprint density at radius 2 is 2.14 bits per heavy atom. The Morgan fingerprint density at radius 1 is 1.34 bits per heavy atom. The standard InChI is InChI=1S/C19H19N5O5/c1-10-4-2-6-23(15(10)19(27)28)18(26)12-8-11(13-5-3-7-29-13)22-17-14(16(20)25)21-9-24(12)17/h3,5,7-10,15H,2,4,6H2,1H3,(H2,20,25)(H,27,28). The molecule has 10 nitrogen and oxygen atoms in total. The Kier molecular flexibility index (Phi) is 4.53. The predicted octanol–water partition coefficient (Wildman–Crippen LogP) is 1.41. The van der Waals surface area contributed by atoms with Crippen molar-refractivity contribution in [1.82, 2.24) is 19.3 Å². The van der Waals surface area contributed by atoms with E-state index in [9.17, 15) is 19.5 Å². The van der Waals surface area contributed by atoms with Crippen LogP contribution >= 0.6 is 0 Å². The summed E-state index contributed by atoms with van der Waals surface area (Å²) < 4.78 is 6.73. The van der Waals surface area contributed by atoms with Gasteiger partial charge in [-0.1, -0.05) is 6.92 Å². The number of primary amides is 1. The maximum atomic E-state index is 13.4. The average molecular weight is 397 g/mol. The summed E-state index contributed by atoms with van der Waals surface area (Å²) in [6, 6.07) is 3.89. The van der Waals surface area contributed by atoms with Crippen LogP contribution in [0.3, 0.4) is 0 Å². The number of aromatic nitrogens is 3. The van der Waals surface area contributed by atoms with Gasteiger partial charge in [0.05, 0.1) is 6.26 Å². The molecule has 1 fully saturated rings. The number of carboxylic acids is 1. The zero-order valence-electron chi connectivity index (χ0n) is 15.6. The molecular weight excluding hydrogens is 378 g/mol. The van der Waals surface area contributed by atoms with Crippen LogP contribution in [-0.4, -0.2) is 54.7 Å². The van der Waals surface area contributed by atoms with Crippen molar-refractivity contribution in [3.63, 3.8) is 0 Å². The number of imidazole rings is 1. The number of amides is 2. The minimum absolute atomic E-state index is 0.0887. The number of nitrogens with two attached hydrogens (primary N) is 1. The Bertz CT molecular complexity index is 1100. The number of nitrogens with zero attached hydrogens (tertiary/aromatic N) is 4. The Labute approximate surface area is 164 Å². The first-order valence-electron chi connectivity index (χ1n) is 9.14. The summed E-state index contributed by atoms with van der Waals surface area (Å²) in [7, 11) is 0. The van der Waals surface area contributed by atoms with Crippen molar-refractivity contribution < 1.29 is 23.9 Å². The fourth-order valence-electron chi connectivity index (χ4n) is 3.80. The van der Waals surface area contributed by atoms with E-state index in [4.69, 9.17) is 10.2 Å². The first-order valence-corrected chi connectivity index (χ1v) is 9.14. The molecule has 10 heteroatoms. The van der Waals surface area contributed by atoms with Gasteiger partial charge in [-0.05, 0) is 37.0 Å². The average Bonchev–Trinajstić information content (AvgIpc) is 3.35. The SMILES string of the molecule is CC1CCCN(C(=O)c2cc(-c3ccco3)nc3c(C(N)=O)ncn23)C1C(=O)O. The minimum Gasteiger partial charge on any atom is -0.480 e. The summed E-state index contributed by atoms with van der Waals surface area (Å²) in [6.07, 6.45) is 4.17. The molecule has 3 N–H and O–H groups in total. The van der Waals surface area contributed by atoms with Gasteiger partial charge in [0.1, 0.15) is 23.8 Å². The number of aliphatic carboxylic acids is 1. The van der Waals surface area contributed by atoms with Crippen LogP contribution in [0.4, 0.5) is 0 Å². The third-order valence-electron chi connectivity index (χ3n) is 5.17. The number of likely N-dealkylation sites (tertiary alicyclic amines) is 1. The van der Waals surface area contributed by atoms with Gasteiger partial charge < -0.3 is 20.2 Å². The Hall–Kier alpha value is -3.69. The normalized spacial score (nSPS) is 19.4. The summed E-state index contributed by atoms with van der Waals surface area (Å²) in [5.74, 6) is -2.12. The van der Waals surface area contributed by atoms with Crippen LogP contribution in [0.2, 0.25) is 0 Å². The van der Waals surface area contributed by atoms with Crippen molar-refractivity contribution >= 4 is 23.4 Å². The minimum atomic E-state index is -1.05. The molecular formula is C19H19N5O5. The topological polar surface area (TPSA) is 144 Å². The monoisotopic (exact) mass is 397 g/mol. The number of furan rings is 1. The maximum Gasteiger partial charge on any atom is 0.326 e. The molecule has 4 heterocycles. The largest absolute Gasteiger partial charge is 0.480 e. The highest BCUT2D eigenvalue weighted by Gasteiger charge is 2.38. The van der Waals surface area contributed by atoms with Crippen molar-refractivity contribution in [3.05, 3.63) is 42.2 Å². The molecule has 4 rings (SSSR count). The summed E-state index contributed by atoms with van der Waals surface area (Å²) in [5, 5.41) is 9.67. The lowest BCUT2D eigenvalue weighted by Crippen LogP contribution is -2.52. The van der Waals surface area contributed by atoms with Gasteiger partial charge in [0.15, 0.2) is 17.1 Å². The molecule has 0 aliphatic carbocycles. The zero-order chi connectivity index (χ0) is 20.7. The number of rotatable bonds is 4. The highest BCUT2D eigenvalue weighted by molar-refractivity contribution is 6.00. The van der Waals surface area contributed by atoms with Gasteiger partial charge >= 0.3 is 5.97 Å². The number of hydrogen-bond acceptors (Lipinski definition) is 6. The molecule has 3 aromatic rings. The van der Waals surface area contributed by atoms with Gasteiger partial charge in [0, 0.05) is 6.54 Å². The lowest BCUT2D eigenvalue weighted by Gasteiger charge is -2.37. The molecule has 2 unspecified atom stereocenters. The van der Waals surface area contributed by atoms with Gasteiger partial charge in [-0.3, -0.25) is 14.0 Å². The third-order valence-corrected chi connectivity index (χ3v) is 5.17. The second-order valence-electron chi connectivity index (χ2n) is 7.06. The van der Waals surface area contributed by atoms with E-state index in [2.05, 4.69) is 9.97 Å². The summed E-state index contributed by atoms with van der Waals surface area (Å²) in [5.41, 5.74) is 5.84. The van der Waals surface area contributed by atoms with Crippen molar-refractivity contribution in [2.24, 2.45) is 11.7 Å². The molecule has 1 aliphatic heterocycles. The van der Waals surface area contributed by atoms with Crippen LogP contribution in [0.5, 0.6) is 0 Å². The highest BCUT2D eigenvalue weighted by atomic mass is 16.4. The van der Waals surface area contributed by atoms with E-state index in [0.29, 0.717) is 24.4 Å². The maximum absolute atomic E-state index is 13.4. The molecule has 0 bridgehead atoms.